The highest BCUT2D eigenvalue weighted by molar-refractivity contribution is 9.10. The van der Waals surface area contributed by atoms with Crippen LogP contribution in [0.3, 0.4) is 0 Å². The van der Waals surface area contributed by atoms with Gasteiger partial charge in [0.25, 0.3) is 0 Å². The lowest BCUT2D eigenvalue weighted by molar-refractivity contribution is 0.220. The molecule has 0 radical (unpaired) electrons. The smallest absolute Gasteiger partial charge is 0.105 e. The quantitative estimate of drug-likeness (QED) is 0.841. The second-order valence-corrected chi connectivity index (χ2v) is 5.73. The summed E-state index contributed by atoms with van der Waals surface area (Å²) in [6.45, 7) is 4.03. The minimum atomic E-state index is -0.690. The Balaban J connectivity index is 2.42. The molecule has 0 aliphatic rings. The van der Waals surface area contributed by atoms with Crippen molar-refractivity contribution in [2.75, 3.05) is 0 Å². The molecule has 2 rings (SSSR count). The number of aliphatic hydroxyl groups excluding tert-OH is 1. The first kappa shape index (κ1) is 13.6. The molecule has 0 aliphatic heterocycles. The maximum absolute atomic E-state index is 10.4. The Kier molecular flexibility index (Phi) is 4.10. The van der Waals surface area contributed by atoms with E-state index in [2.05, 4.69) is 15.9 Å². The monoisotopic (exact) mass is 324 g/mol. The highest BCUT2D eigenvalue weighted by Gasteiger charge is 2.14. The molecule has 0 aromatic heterocycles. The fourth-order valence-corrected chi connectivity index (χ4v) is 2.42. The number of hydrogen-bond acceptors (Lipinski definition) is 1. The van der Waals surface area contributed by atoms with Crippen LogP contribution in [0.2, 0.25) is 5.02 Å². The molecular formula is C15H14BrClO. The summed E-state index contributed by atoms with van der Waals surface area (Å²) < 4.78 is 0.990. The van der Waals surface area contributed by atoms with Crippen molar-refractivity contribution in [1.82, 2.24) is 0 Å². The molecule has 1 N–H and O–H groups in total. The van der Waals surface area contributed by atoms with Gasteiger partial charge in [-0.3, -0.25) is 0 Å². The molecule has 0 fully saturated rings. The van der Waals surface area contributed by atoms with E-state index in [1.807, 2.05) is 50.2 Å². The van der Waals surface area contributed by atoms with E-state index in [1.54, 1.807) is 0 Å². The minimum Gasteiger partial charge on any atom is -0.384 e. The van der Waals surface area contributed by atoms with E-state index in [0.717, 1.165) is 26.7 Å². The van der Waals surface area contributed by atoms with E-state index in [4.69, 9.17) is 11.6 Å². The standard InChI is InChI=1S/C15H14BrClO/c1-9-7-13(14(17)8-10(9)2)15(18)11-3-5-12(16)6-4-11/h3-8,15,18H,1-2H3. The van der Waals surface area contributed by atoms with Gasteiger partial charge in [-0.25, -0.2) is 0 Å². The van der Waals surface area contributed by atoms with E-state index >= 15 is 0 Å². The van der Waals surface area contributed by atoms with Crippen LogP contribution in [-0.2, 0) is 0 Å². The maximum Gasteiger partial charge on any atom is 0.105 e. The van der Waals surface area contributed by atoms with Crippen molar-refractivity contribution in [2.45, 2.75) is 20.0 Å². The topological polar surface area (TPSA) is 20.2 Å². The summed E-state index contributed by atoms with van der Waals surface area (Å²) in [4.78, 5) is 0. The molecule has 1 atom stereocenters. The van der Waals surface area contributed by atoms with Crippen LogP contribution in [0.15, 0.2) is 40.9 Å². The van der Waals surface area contributed by atoms with E-state index in [9.17, 15) is 5.11 Å². The summed E-state index contributed by atoms with van der Waals surface area (Å²) in [7, 11) is 0. The van der Waals surface area contributed by atoms with Crippen molar-refractivity contribution >= 4 is 27.5 Å². The van der Waals surface area contributed by atoms with Crippen molar-refractivity contribution in [1.29, 1.82) is 0 Å². The Labute approximate surface area is 121 Å². The van der Waals surface area contributed by atoms with E-state index < -0.39 is 6.10 Å². The van der Waals surface area contributed by atoms with Crippen molar-refractivity contribution in [3.63, 3.8) is 0 Å². The first-order chi connectivity index (χ1) is 8.49. The van der Waals surface area contributed by atoms with Crippen LogP contribution in [0.4, 0.5) is 0 Å². The molecule has 0 aliphatic carbocycles. The Morgan fingerprint density at radius 2 is 1.61 bits per heavy atom. The third kappa shape index (κ3) is 2.77. The number of aryl methyl sites for hydroxylation is 2. The number of benzene rings is 2. The summed E-state index contributed by atoms with van der Waals surface area (Å²) in [6, 6.07) is 11.4. The molecule has 0 bridgehead atoms. The van der Waals surface area contributed by atoms with Gasteiger partial charge in [0.15, 0.2) is 0 Å². The van der Waals surface area contributed by atoms with Crippen LogP contribution in [-0.4, -0.2) is 5.11 Å². The zero-order valence-electron chi connectivity index (χ0n) is 10.2. The van der Waals surface area contributed by atoms with Gasteiger partial charge < -0.3 is 5.11 Å². The van der Waals surface area contributed by atoms with Crippen LogP contribution in [0.5, 0.6) is 0 Å². The van der Waals surface area contributed by atoms with E-state index in [1.165, 1.54) is 0 Å². The van der Waals surface area contributed by atoms with Gasteiger partial charge in [-0.1, -0.05) is 45.7 Å². The number of halogens is 2. The first-order valence-corrected chi connectivity index (χ1v) is 6.86. The summed E-state index contributed by atoms with van der Waals surface area (Å²) in [6.07, 6.45) is -0.690. The molecule has 0 saturated carbocycles. The van der Waals surface area contributed by atoms with Crippen molar-refractivity contribution < 1.29 is 5.11 Å². The van der Waals surface area contributed by atoms with Gasteiger partial charge in [0.2, 0.25) is 0 Å². The summed E-state index contributed by atoms with van der Waals surface area (Å²) >= 11 is 9.59. The molecular weight excluding hydrogens is 312 g/mol. The molecule has 2 aromatic carbocycles. The minimum absolute atomic E-state index is 0.605. The molecule has 1 nitrogen and oxygen atoms in total. The third-order valence-electron chi connectivity index (χ3n) is 3.09. The lowest BCUT2D eigenvalue weighted by Crippen LogP contribution is -2.01. The zero-order valence-corrected chi connectivity index (χ0v) is 12.6. The molecule has 3 heteroatoms. The number of aliphatic hydroxyl groups is 1. The SMILES string of the molecule is Cc1cc(Cl)c(C(O)c2ccc(Br)cc2)cc1C. The normalized spacial score (nSPS) is 12.5. The largest absolute Gasteiger partial charge is 0.384 e. The lowest BCUT2D eigenvalue weighted by Gasteiger charge is -2.15. The van der Waals surface area contributed by atoms with E-state index in [0.29, 0.717) is 5.02 Å². The highest BCUT2D eigenvalue weighted by atomic mass is 79.9. The van der Waals surface area contributed by atoms with Gasteiger partial charge >= 0.3 is 0 Å². The molecule has 1 unspecified atom stereocenters. The second kappa shape index (κ2) is 5.43. The van der Waals surface area contributed by atoms with Gasteiger partial charge in [-0.15, -0.1) is 0 Å². The molecule has 0 heterocycles. The van der Waals surface area contributed by atoms with Crippen LogP contribution < -0.4 is 0 Å². The predicted molar refractivity (Wildman–Crippen MR) is 79.1 cm³/mol. The third-order valence-corrected chi connectivity index (χ3v) is 3.95. The van der Waals surface area contributed by atoms with Crippen molar-refractivity contribution in [3.05, 3.63) is 68.1 Å². The molecule has 2 aromatic rings. The van der Waals surface area contributed by atoms with E-state index in [-0.39, 0.29) is 0 Å². The van der Waals surface area contributed by atoms with Gasteiger partial charge in [-0.2, -0.15) is 0 Å². The van der Waals surface area contributed by atoms with Crippen LogP contribution in [0.25, 0.3) is 0 Å². The lowest BCUT2D eigenvalue weighted by atomic mass is 9.98. The second-order valence-electron chi connectivity index (χ2n) is 4.41. The summed E-state index contributed by atoms with van der Waals surface area (Å²) in [5.41, 5.74) is 3.85. The number of hydrogen-bond donors (Lipinski definition) is 1. The van der Waals surface area contributed by atoms with Gasteiger partial charge in [0.05, 0.1) is 0 Å². The van der Waals surface area contributed by atoms with Gasteiger partial charge in [0.1, 0.15) is 6.10 Å². The fraction of sp³-hybridized carbons (Fsp3) is 0.200. The maximum atomic E-state index is 10.4. The first-order valence-electron chi connectivity index (χ1n) is 5.69. The van der Waals surface area contributed by atoms with Crippen LogP contribution in [0.1, 0.15) is 28.4 Å². The predicted octanol–water partition coefficient (Wildman–Crippen LogP) is 4.80. The van der Waals surface area contributed by atoms with Gasteiger partial charge in [-0.05, 0) is 48.7 Å². The Morgan fingerprint density at radius 3 is 2.22 bits per heavy atom. The van der Waals surface area contributed by atoms with Crippen LogP contribution in [0, 0.1) is 13.8 Å². The molecule has 0 saturated heterocycles. The molecule has 0 amide bonds. The summed E-state index contributed by atoms with van der Waals surface area (Å²) in [5.74, 6) is 0. The fourth-order valence-electron chi connectivity index (χ4n) is 1.84. The number of rotatable bonds is 2. The highest BCUT2D eigenvalue weighted by Crippen LogP contribution is 2.31. The Bertz CT molecular complexity index is 563. The average molecular weight is 326 g/mol. The van der Waals surface area contributed by atoms with Crippen LogP contribution >= 0.6 is 27.5 Å². The summed E-state index contributed by atoms with van der Waals surface area (Å²) in [5, 5.41) is 11.0. The molecule has 18 heavy (non-hydrogen) atoms. The Morgan fingerprint density at radius 1 is 1.06 bits per heavy atom. The van der Waals surface area contributed by atoms with Gasteiger partial charge in [0, 0.05) is 15.1 Å². The van der Waals surface area contributed by atoms with Crippen molar-refractivity contribution in [3.8, 4) is 0 Å². The molecule has 94 valence electrons. The zero-order chi connectivity index (χ0) is 13.3. The Hall–Kier alpha value is -0.830. The average Bonchev–Trinajstić information content (AvgIpc) is 2.34. The van der Waals surface area contributed by atoms with Crippen molar-refractivity contribution in [2.24, 2.45) is 0 Å². The molecule has 0 spiro atoms.